The van der Waals surface area contributed by atoms with E-state index in [9.17, 15) is 0 Å². The van der Waals surface area contributed by atoms with Gasteiger partial charge in [-0.05, 0) is 54.5 Å². The molecule has 0 atom stereocenters. The largest absolute Gasteiger partial charge is 0.493 e. The maximum absolute atomic E-state index is 6.04. The Hall–Kier alpha value is -2.02. The SMILES string of the molecule is CCOc1c2ccccc2c(C)c2cc(CCCC(C)C)ccc12. The molecule has 1 heteroatoms. The van der Waals surface area contributed by atoms with E-state index in [0.717, 1.165) is 18.1 Å². The fourth-order valence-corrected chi connectivity index (χ4v) is 3.57. The normalized spacial score (nSPS) is 11.5. The van der Waals surface area contributed by atoms with Gasteiger partial charge in [-0.1, -0.05) is 62.7 Å². The lowest BCUT2D eigenvalue weighted by Gasteiger charge is -2.16. The maximum atomic E-state index is 6.04. The number of hydrogen-bond acceptors (Lipinski definition) is 1. The van der Waals surface area contributed by atoms with E-state index in [0.29, 0.717) is 6.61 Å². The number of ether oxygens (including phenoxy) is 1. The van der Waals surface area contributed by atoms with Gasteiger partial charge in [0.05, 0.1) is 6.61 Å². The molecule has 0 bridgehead atoms. The first-order valence-corrected chi connectivity index (χ1v) is 9.18. The summed E-state index contributed by atoms with van der Waals surface area (Å²) in [6, 6.07) is 15.5. The standard InChI is InChI=1S/C23H28O/c1-5-24-23-20-12-7-6-11-19(20)17(4)22-15-18(13-14-21(22)23)10-8-9-16(2)3/h6-7,11-16H,5,8-10H2,1-4H3. The minimum Gasteiger partial charge on any atom is -0.493 e. The smallest absolute Gasteiger partial charge is 0.134 e. The second-order valence-corrected chi connectivity index (χ2v) is 7.10. The first kappa shape index (κ1) is 16.8. The van der Waals surface area contributed by atoms with Gasteiger partial charge in [0.2, 0.25) is 0 Å². The van der Waals surface area contributed by atoms with Crippen LogP contribution in [0.2, 0.25) is 0 Å². The predicted molar refractivity (Wildman–Crippen MR) is 105 cm³/mol. The molecule has 0 heterocycles. The van der Waals surface area contributed by atoms with Crippen molar-refractivity contribution < 1.29 is 4.74 Å². The van der Waals surface area contributed by atoms with Gasteiger partial charge in [-0.15, -0.1) is 0 Å². The van der Waals surface area contributed by atoms with Crippen LogP contribution in [0.25, 0.3) is 21.5 Å². The topological polar surface area (TPSA) is 9.23 Å². The molecule has 0 N–H and O–H groups in total. The van der Waals surface area contributed by atoms with E-state index in [1.54, 1.807) is 0 Å². The van der Waals surface area contributed by atoms with Crippen LogP contribution in [0.3, 0.4) is 0 Å². The molecule has 0 aliphatic rings. The Balaban J connectivity index is 2.11. The monoisotopic (exact) mass is 320 g/mol. The van der Waals surface area contributed by atoms with Crippen LogP contribution in [0.1, 0.15) is 44.7 Å². The first-order valence-electron chi connectivity index (χ1n) is 9.18. The van der Waals surface area contributed by atoms with E-state index in [2.05, 4.69) is 70.2 Å². The Labute approximate surface area is 145 Å². The van der Waals surface area contributed by atoms with Crippen molar-refractivity contribution in [2.75, 3.05) is 6.61 Å². The number of rotatable bonds is 6. The summed E-state index contributed by atoms with van der Waals surface area (Å²) in [7, 11) is 0. The zero-order valence-electron chi connectivity index (χ0n) is 15.4. The van der Waals surface area contributed by atoms with Gasteiger partial charge in [0.1, 0.15) is 5.75 Å². The van der Waals surface area contributed by atoms with Gasteiger partial charge in [-0.25, -0.2) is 0 Å². The summed E-state index contributed by atoms with van der Waals surface area (Å²) in [5.74, 6) is 1.81. The summed E-state index contributed by atoms with van der Waals surface area (Å²) in [4.78, 5) is 0. The Morgan fingerprint density at radius 2 is 1.62 bits per heavy atom. The third kappa shape index (κ3) is 3.26. The molecule has 0 fully saturated rings. The van der Waals surface area contributed by atoms with E-state index in [-0.39, 0.29) is 0 Å². The molecule has 0 unspecified atom stereocenters. The van der Waals surface area contributed by atoms with Crippen molar-refractivity contribution in [1.82, 2.24) is 0 Å². The number of hydrogen-bond donors (Lipinski definition) is 0. The van der Waals surface area contributed by atoms with Crippen LogP contribution in [0, 0.1) is 12.8 Å². The molecule has 0 saturated heterocycles. The summed E-state index contributed by atoms with van der Waals surface area (Å²) in [5.41, 5.74) is 2.79. The molecule has 0 aliphatic carbocycles. The van der Waals surface area contributed by atoms with E-state index in [1.807, 2.05) is 0 Å². The van der Waals surface area contributed by atoms with Crippen LogP contribution in [0.5, 0.6) is 5.75 Å². The summed E-state index contributed by atoms with van der Waals surface area (Å²) in [6.07, 6.45) is 3.71. The van der Waals surface area contributed by atoms with Gasteiger partial charge in [0.15, 0.2) is 0 Å². The minimum absolute atomic E-state index is 0.693. The average molecular weight is 320 g/mol. The molecule has 0 spiro atoms. The van der Waals surface area contributed by atoms with Crippen LogP contribution >= 0.6 is 0 Å². The molecule has 126 valence electrons. The summed E-state index contributed by atoms with van der Waals surface area (Å²) in [5, 5.41) is 5.09. The molecule has 3 aromatic carbocycles. The average Bonchev–Trinajstić information content (AvgIpc) is 2.58. The number of fused-ring (bicyclic) bond motifs is 2. The molecule has 0 aliphatic heterocycles. The lowest BCUT2D eigenvalue weighted by molar-refractivity contribution is 0.348. The maximum Gasteiger partial charge on any atom is 0.134 e. The van der Waals surface area contributed by atoms with Crippen molar-refractivity contribution >= 4 is 21.5 Å². The summed E-state index contributed by atoms with van der Waals surface area (Å²) in [6.45, 7) is 9.58. The zero-order valence-corrected chi connectivity index (χ0v) is 15.4. The lowest BCUT2D eigenvalue weighted by Crippen LogP contribution is -1.97. The fraction of sp³-hybridized carbons (Fsp3) is 0.391. The molecule has 3 rings (SSSR count). The van der Waals surface area contributed by atoms with Crippen molar-refractivity contribution in [2.45, 2.75) is 47.0 Å². The highest BCUT2D eigenvalue weighted by atomic mass is 16.5. The summed E-state index contributed by atoms with van der Waals surface area (Å²) < 4.78 is 6.04. The minimum atomic E-state index is 0.693. The Bertz CT molecular complexity index is 845. The van der Waals surface area contributed by atoms with Gasteiger partial charge < -0.3 is 4.74 Å². The molecule has 0 saturated carbocycles. The molecule has 0 radical (unpaired) electrons. The summed E-state index contributed by atoms with van der Waals surface area (Å²) >= 11 is 0. The Morgan fingerprint density at radius 1 is 0.917 bits per heavy atom. The first-order chi connectivity index (χ1) is 11.6. The van der Waals surface area contributed by atoms with E-state index in [1.165, 1.54) is 45.5 Å². The third-order valence-electron chi connectivity index (χ3n) is 4.84. The molecular weight excluding hydrogens is 292 g/mol. The molecule has 24 heavy (non-hydrogen) atoms. The van der Waals surface area contributed by atoms with Gasteiger partial charge in [-0.3, -0.25) is 0 Å². The third-order valence-corrected chi connectivity index (χ3v) is 4.84. The van der Waals surface area contributed by atoms with E-state index in [4.69, 9.17) is 4.74 Å². The van der Waals surface area contributed by atoms with Crippen LogP contribution in [-0.2, 0) is 6.42 Å². The van der Waals surface area contributed by atoms with Crippen molar-refractivity contribution in [3.8, 4) is 5.75 Å². The predicted octanol–water partition coefficient (Wildman–Crippen LogP) is 6.68. The number of benzene rings is 3. The zero-order chi connectivity index (χ0) is 17.1. The highest BCUT2D eigenvalue weighted by Gasteiger charge is 2.12. The van der Waals surface area contributed by atoms with Crippen molar-refractivity contribution in [2.24, 2.45) is 5.92 Å². The molecule has 1 nitrogen and oxygen atoms in total. The molecular formula is C23H28O. The highest BCUT2D eigenvalue weighted by Crippen LogP contribution is 2.38. The lowest BCUT2D eigenvalue weighted by atomic mass is 9.93. The molecule has 0 amide bonds. The fourth-order valence-electron chi connectivity index (χ4n) is 3.57. The van der Waals surface area contributed by atoms with Gasteiger partial charge in [0, 0.05) is 10.8 Å². The molecule has 3 aromatic rings. The van der Waals surface area contributed by atoms with Crippen LogP contribution < -0.4 is 4.74 Å². The van der Waals surface area contributed by atoms with Gasteiger partial charge >= 0.3 is 0 Å². The van der Waals surface area contributed by atoms with Crippen LogP contribution in [0.15, 0.2) is 42.5 Å². The van der Waals surface area contributed by atoms with Crippen LogP contribution in [-0.4, -0.2) is 6.61 Å². The second-order valence-electron chi connectivity index (χ2n) is 7.10. The van der Waals surface area contributed by atoms with E-state index >= 15 is 0 Å². The Kier molecular flexibility index (Phi) is 5.08. The van der Waals surface area contributed by atoms with Gasteiger partial charge in [0.25, 0.3) is 0 Å². The van der Waals surface area contributed by atoms with E-state index < -0.39 is 0 Å². The quantitative estimate of drug-likeness (QED) is 0.460. The van der Waals surface area contributed by atoms with Gasteiger partial charge in [-0.2, -0.15) is 0 Å². The van der Waals surface area contributed by atoms with Crippen LogP contribution in [0.4, 0.5) is 0 Å². The second kappa shape index (κ2) is 7.25. The van der Waals surface area contributed by atoms with Crippen molar-refractivity contribution in [3.05, 3.63) is 53.6 Å². The molecule has 0 aromatic heterocycles. The van der Waals surface area contributed by atoms with Crippen molar-refractivity contribution in [1.29, 1.82) is 0 Å². The Morgan fingerprint density at radius 3 is 2.33 bits per heavy atom. The number of aryl methyl sites for hydroxylation is 2. The van der Waals surface area contributed by atoms with Crippen molar-refractivity contribution in [3.63, 3.8) is 0 Å². The highest BCUT2D eigenvalue weighted by molar-refractivity contribution is 6.08.